The third-order valence-corrected chi connectivity index (χ3v) is 15.2. The normalized spacial score (nSPS) is 11.8. The number of benzene rings is 10. The Kier molecular flexibility index (Phi) is 8.61. The molecule has 2 nitrogen and oxygen atoms in total. The average molecular weight is 851 g/mol. The van der Waals surface area contributed by atoms with Crippen molar-refractivity contribution in [3.05, 3.63) is 231 Å². The molecule has 13 aromatic rings. The lowest BCUT2D eigenvalue weighted by molar-refractivity contribution is 1.18. The van der Waals surface area contributed by atoms with E-state index in [0.717, 1.165) is 28.3 Å². The van der Waals surface area contributed by atoms with Crippen LogP contribution in [0.5, 0.6) is 0 Å². The molecule has 0 amide bonds. The number of hydrogen-bond donors (Lipinski definition) is 0. The molecule has 0 radical (unpaired) electrons. The maximum Gasteiger partial charge on any atom is 0.0562 e. The smallest absolute Gasteiger partial charge is 0.0562 e. The molecule has 10 aromatic carbocycles. The maximum atomic E-state index is 2.51. The minimum absolute atomic E-state index is 1.10. The molecule has 300 valence electrons. The van der Waals surface area contributed by atoms with Gasteiger partial charge in [-0.2, -0.15) is 0 Å². The lowest BCUT2D eigenvalue weighted by Crippen LogP contribution is -2.12. The van der Waals surface area contributed by atoms with E-state index in [1.165, 1.54) is 90.0 Å². The fraction of sp³-hybridized carbons (Fsp3) is 0. The molecule has 3 heterocycles. The standard InChI is InChI=1S/C60H38N2S2/c1-3-18-39(19-4-1)42-22-7-11-30-51(42)62-52-31-12-8-25-49(52)58-54(32-17-33-55(58)62)61(41-20-5-2-6-21-41)53-37-36-40(43-26-15-27-46-44-23-9-13-34-56(44)63-59(43)46)38-50(53)48-29-16-28-47-45-24-10-14-35-57(45)64-60(47)48/h1-38H. The van der Waals surface area contributed by atoms with Crippen molar-refractivity contribution in [3.63, 3.8) is 0 Å². The van der Waals surface area contributed by atoms with E-state index < -0.39 is 0 Å². The summed E-state index contributed by atoms with van der Waals surface area (Å²) in [5.41, 5.74) is 14.1. The summed E-state index contributed by atoms with van der Waals surface area (Å²) in [4.78, 5) is 2.51. The Hall–Kier alpha value is -7.76. The summed E-state index contributed by atoms with van der Waals surface area (Å²) in [6.07, 6.45) is 0. The average Bonchev–Trinajstić information content (AvgIpc) is 4.05. The molecule has 0 unspecified atom stereocenters. The SMILES string of the molecule is c1ccc(-c2ccccc2-n2c3ccccc3c3c(N(c4ccccc4)c4ccc(-c5cccc6c5sc5ccccc56)cc4-c4cccc5c4sc4ccccc45)cccc32)cc1. The van der Waals surface area contributed by atoms with Gasteiger partial charge in [-0.3, -0.25) is 0 Å². The highest BCUT2D eigenvalue weighted by Crippen LogP contribution is 2.51. The lowest BCUT2D eigenvalue weighted by Gasteiger charge is -2.29. The zero-order chi connectivity index (χ0) is 42.1. The minimum Gasteiger partial charge on any atom is -0.309 e. The van der Waals surface area contributed by atoms with E-state index in [4.69, 9.17) is 0 Å². The number of anilines is 3. The van der Waals surface area contributed by atoms with Crippen LogP contribution in [0.2, 0.25) is 0 Å². The van der Waals surface area contributed by atoms with Gasteiger partial charge in [-0.15, -0.1) is 22.7 Å². The van der Waals surface area contributed by atoms with Gasteiger partial charge in [0.1, 0.15) is 0 Å². The predicted octanol–water partition coefficient (Wildman–Crippen LogP) is 18.0. The van der Waals surface area contributed by atoms with E-state index in [2.05, 4.69) is 240 Å². The Morgan fingerprint density at radius 1 is 0.328 bits per heavy atom. The van der Waals surface area contributed by atoms with Crippen LogP contribution >= 0.6 is 22.7 Å². The van der Waals surface area contributed by atoms with Gasteiger partial charge in [-0.05, 0) is 77.4 Å². The van der Waals surface area contributed by atoms with Gasteiger partial charge < -0.3 is 9.47 Å². The van der Waals surface area contributed by atoms with E-state index in [9.17, 15) is 0 Å². The van der Waals surface area contributed by atoms with Crippen molar-refractivity contribution in [3.8, 4) is 39.1 Å². The van der Waals surface area contributed by atoms with Crippen LogP contribution in [-0.2, 0) is 0 Å². The van der Waals surface area contributed by atoms with Crippen LogP contribution in [0, 0.1) is 0 Å². The first kappa shape index (κ1) is 36.9. The molecule has 4 heteroatoms. The van der Waals surface area contributed by atoms with Crippen LogP contribution in [-0.4, -0.2) is 4.57 Å². The van der Waals surface area contributed by atoms with Crippen molar-refractivity contribution in [1.82, 2.24) is 4.57 Å². The molecule has 0 spiro atoms. The van der Waals surface area contributed by atoms with Gasteiger partial charge >= 0.3 is 0 Å². The highest BCUT2D eigenvalue weighted by molar-refractivity contribution is 7.26. The van der Waals surface area contributed by atoms with E-state index in [-0.39, 0.29) is 0 Å². The Morgan fingerprint density at radius 3 is 1.62 bits per heavy atom. The third-order valence-electron chi connectivity index (χ3n) is 12.8. The zero-order valence-electron chi connectivity index (χ0n) is 34.7. The molecule has 0 aliphatic carbocycles. The first-order valence-corrected chi connectivity index (χ1v) is 23.4. The number of para-hydroxylation sites is 3. The minimum atomic E-state index is 1.10. The summed E-state index contributed by atoms with van der Waals surface area (Å²) < 4.78 is 7.68. The summed E-state index contributed by atoms with van der Waals surface area (Å²) >= 11 is 3.77. The monoisotopic (exact) mass is 850 g/mol. The van der Waals surface area contributed by atoms with Gasteiger partial charge in [0.25, 0.3) is 0 Å². The van der Waals surface area contributed by atoms with Crippen LogP contribution in [0.15, 0.2) is 231 Å². The second-order valence-corrected chi connectivity index (χ2v) is 18.5. The van der Waals surface area contributed by atoms with Gasteiger partial charge in [0, 0.05) is 73.5 Å². The molecule has 0 saturated carbocycles. The quantitative estimate of drug-likeness (QED) is 0.155. The van der Waals surface area contributed by atoms with Crippen molar-refractivity contribution in [2.24, 2.45) is 0 Å². The zero-order valence-corrected chi connectivity index (χ0v) is 36.3. The van der Waals surface area contributed by atoms with Crippen molar-refractivity contribution >= 4 is 102 Å². The molecular weight excluding hydrogens is 813 g/mol. The second-order valence-electron chi connectivity index (χ2n) is 16.4. The maximum absolute atomic E-state index is 2.51. The molecule has 64 heavy (non-hydrogen) atoms. The lowest BCUT2D eigenvalue weighted by atomic mass is 9.94. The van der Waals surface area contributed by atoms with Gasteiger partial charge in [0.2, 0.25) is 0 Å². The predicted molar refractivity (Wildman–Crippen MR) is 278 cm³/mol. The highest BCUT2D eigenvalue weighted by Gasteiger charge is 2.25. The van der Waals surface area contributed by atoms with E-state index in [1.54, 1.807) is 0 Å². The van der Waals surface area contributed by atoms with Crippen LogP contribution < -0.4 is 4.90 Å². The number of nitrogens with zero attached hydrogens (tertiary/aromatic N) is 2. The number of rotatable bonds is 7. The molecule has 3 aromatic heterocycles. The number of aromatic nitrogens is 1. The van der Waals surface area contributed by atoms with Crippen molar-refractivity contribution < 1.29 is 0 Å². The van der Waals surface area contributed by atoms with Gasteiger partial charge in [-0.1, -0.05) is 170 Å². The molecule has 0 saturated heterocycles. The fourth-order valence-corrected chi connectivity index (χ4v) is 12.5. The molecule has 0 aliphatic rings. The Bertz CT molecular complexity index is 3910. The molecule has 13 rings (SSSR count). The number of fused-ring (bicyclic) bond motifs is 9. The van der Waals surface area contributed by atoms with Gasteiger partial charge in [0.15, 0.2) is 0 Å². The number of hydrogen-bond acceptors (Lipinski definition) is 3. The number of thiophene rings is 2. The molecule has 0 bridgehead atoms. The first-order valence-electron chi connectivity index (χ1n) is 21.8. The Balaban J connectivity index is 1.11. The van der Waals surface area contributed by atoms with Crippen molar-refractivity contribution in [2.45, 2.75) is 0 Å². The summed E-state index contributed by atoms with van der Waals surface area (Å²) in [5, 5.41) is 7.61. The molecule has 0 atom stereocenters. The fourth-order valence-electron chi connectivity index (χ4n) is 10.0. The molecule has 0 N–H and O–H groups in total. The summed E-state index contributed by atoms with van der Waals surface area (Å²) in [6, 6.07) is 84.7. The molecule has 0 fully saturated rings. The van der Waals surface area contributed by atoms with E-state index in [0.29, 0.717) is 0 Å². The highest BCUT2D eigenvalue weighted by atomic mass is 32.1. The summed E-state index contributed by atoms with van der Waals surface area (Å²) in [5.74, 6) is 0. The third kappa shape index (κ3) is 5.77. The largest absolute Gasteiger partial charge is 0.309 e. The van der Waals surface area contributed by atoms with Crippen LogP contribution in [0.25, 0.3) is 101 Å². The van der Waals surface area contributed by atoms with Crippen molar-refractivity contribution in [2.75, 3.05) is 4.90 Å². The molecule has 0 aliphatic heterocycles. The van der Waals surface area contributed by atoms with Crippen LogP contribution in [0.4, 0.5) is 17.1 Å². The molecular formula is C60H38N2S2. The topological polar surface area (TPSA) is 8.17 Å². The van der Waals surface area contributed by atoms with E-state index in [1.807, 2.05) is 22.7 Å². The summed E-state index contributed by atoms with van der Waals surface area (Å²) in [6.45, 7) is 0. The Morgan fingerprint density at radius 2 is 0.875 bits per heavy atom. The van der Waals surface area contributed by atoms with Crippen LogP contribution in [0.3, 0.4) is 0 Å². The van der Waals surface area contributed by atoms with Crippen LogP contribution in [0.1, 0.15) is 0 Å². The summed E-state index contributed by atoms with van der Waals surface area (Å²) in [7, 11) is 0. The Labute approximate surface area is 378 Å². The van der Waals surface area contributed by atoms with Gasteiger partial charge in [-0.25, -0.2) is 0 Å². The van der Waals surface area contributed by atoms with Gasteiger partial charge in [0.05, 0.1) is 28.1 Å². The van der Waals surface area contributed by atoms with E-state index >= 15 is 0 Å². The van der Waals surface area contributed by atoms with Crippen molar-refractivity contribution in [1.29, 1.82) is 0 Å². The first-order chi connectivity index (χ1) is 31.8. The second kappa shape index (κ2) is 15.0.